The van der Waals surface area contributed by atoms with Gasteiger partial charge in [0.25, 0.3) is 0 Å². The zero-order chi connectivity index (χ0) is 7.78. The van der Waals surface area contributed by atoms with Gasteiger partial charge in [-0.15, -0.1) is 0 Å². The third kappa shape index (κ3) is 1.37. The van der Waals surface area contributed by atoms with Gasteiger partial charge in [0.05, 0.1) is 5.54 Å². The Balaban J connectivity index is 2.96. The molecule has 0 unspecified atom stereocenters. The molecule has 1 aromatic rings. The van der Waals surface area contributed by atoms with Crippen LogP contribution in [-0.4, -0.2) is 22.6 Å². The summed E-state index contributed by atoms with van der Waals surface area (Å²) in [5.74, 6) is 0. The van der Waals surface area contributed by atoms with E-state index in [0.717, 1.165) is 5.72 Å². The Bertz CT molecular complexity index is 223. The van der Waals surface area contributed by atoms with Crippen LogP contribution in [0.15, 0.2) is 6.33 Å². The van der Waals surface area contributed by atoms with Crippen LogP contribution in [-0.2, 0) is 5.54 Å². The molecule has 0 saturated heterocycles. The lowest BCUT2D eigenvalue weighted by Gasteiger charge is -2.17. The van der Waals surface area contributed by atoms with Gasteiger partial charge in [-0.25, -0.2) is 9.67 Å². The molecule has 1 aromatic heterocycles. The molecule has 0 amide bonds. The number of nitrogens with zero attached hydrogens (tertiary/aromatic N) is 3. The molecule has 0 aliphatic rings. The number of aromatic nitrogens is 3. The molecular formula is C6H12BN3. The highest BCUT2D eigenvalue weighted by Crippen LogP contribution is 2.08. The van der Waals surface area contributed by atoms with Crippen molar-refractivity contribution >= 4 is 13.6 Å². The Morgan fingerprint density at radius 3 is 2.30 bits per heavy atom. The van der Waals surface area contributed by atoms with Crippen LogP contribution in [0.1, 0.15) is 20.8 Å². The minimum Gasteiger partial charge on any atom is -0.248 e. The topological polar surface area (TPSA) is 30.7 Å². The highest BCUT2D eigenvalue weighted by atomic mass is 15.4. The molecule has 54 valence electrons. The summed E-state index contributed by atoms with van der Waals surface area (Å²) in [4.78, 5) is 4.03. The van der Waals surface area contributed by atoms with E-state index in [-0.39, 0.29) is 5.54 Å². The van der Waals surface area contributed by atoms with Gasteiger partial charge in [-0.3, -0.25) is 0 Å². The quantitative estimate of drug-likeness (QED) is 0.442. The largest absolute Gasteiger partial charge is 0.248 e. The fourth-order valence-electron chi connectivity index (χ4n) is 0.669. The van der Waals surface area contributed by atoms with Crippen molar-refractivity contribution in [2.45, 2.75) is 26.3 Å². The van der Waals surface area contributed by atoms with Crippen molar-refractivity contribution in [1.82, 2.24) is 14.8 Å². The Kier molecular flexibility index (Phi) is 1.54. The van der Waals surface area contributed by atoms with Crippen LogP contribution in [0.2, 0.25) is 0 Å². The van der Waals surface area contributed by atoms with Gasteiger partial charge in [-0.05, 0) is 20.8 Å². The molecule has 1 rings (SSSR count). The summed E-state index contributed by atoms with van der Waals surface area (Å²) >= 11 is 0. The maximum atomic E-state index is 4.19. The van der Waals surface area contributed by atoms with Crippen molar-refractivity contribution in [3.05, 3.63) is 6.33 Å². The average molecular weight is 137 g/mol. The van der Waals surface area contributed by atoms with E-state index in [9.17, 15) is 0 Å². The third-order valence-electron chi connectivity index (χ3n) is 1.29. The van der Waals surface area contributed by atoms with E-state index in [2.05, 4.69) is 30.9 Å². The van der Waals surface area contributed by atoms with Gasteiger partial charge >= 0.3 is 0 Å². The monoisotopic (exact) mass is 137 g/mol. The van der Waals surface area contributed by atoms with Gasteiger partial charge < -0.3 is 0 Å². The lowest BCUT2D eigenvalue weighted by atomic mass is 10.1. The predicted molar refractivity (Wildman–Crippen MR) is 43.2 cm³/mol. The minimum absolute atomic E-state index is 0.0568. The second kappa shape index (κ2) is 2.11. The first-order valence-electron chi connectivity index (χ1n) is 3.39. The van der Waals surface area contributed by atoms with E-state index < -0.39 is 0 Å². The van der Waals surface area contributed by atoms with Gasteiger partial charge in [-0.2, -0.15) is 5.10 Å². The zero-order valence-corrected chi connectivity index (χ0v) is 6.92. The summed E-state index contributed by atoms with van der Waals surface area (Å²) in [6, 6.07) is 0. The molecule has 1 heterocycles. The highest BCUT2D eigenvalue weighted by Gasteiger charge is 2.12. The van der Waals surface area contributed by atoms with Crippen molar-refractivity contribution in [2.24, 2.45) is 0 Å². The average Bonchev–Trinajstić information content (AvgIpc) is 2.11. The van der Waals surface area contributed by atoms with Gasteiger partial charge in [0.1, 0.15) is 12.1 Å². The first-order chi connectivity index (χ1) is 4.50. The van der Waals surface area contributed by atoms with Gasteiger partial charge in [0, 0.05) is 0 Å². The van der Waals surface area contributed by atoms with Crippen LogP contribution in [0.25, 0.3) is 0 Å². The molecule has 0 bridgehead atoms. The molecule has 0 saturated carbocycles. The molecule has 0 aliphatic carbocycles. The van der Waals surface area contributed by atoms with Crippen LogP contribution in [0.5, 0.6) is 0 Å². The Morgan fingerprint density at radius 1 is 1.50 bits per heavy atom. The second-order valence-corrected chi connectivity index (χ2v) is 3.41. The summed E-state index contributed by atoms with van der Waals surface area (Å²) in [6.45, 7) is 6.30. The first kappa shape index (κ1) is 7.31. The van der Waals surface area contributed by atoms with Crippen LogP contribution in [0.3, 0.4) is 0 Å². The molecule has 0 atom stereocenters. The molecule has 0 radical (unpaired) electrons. The summed E-state index contributed by atoms with van der Waals surface area (Å²) in [5.41, 5.74) is 0.885. The van der Waals surface area contributed by atoms with Crippen molar-refractivity contribution in [1.29, 1.82) is 0 Å². The Hall–Kier alpha value is -0.795. The summed E-state index contributed by atoms with van der Waals surface area (Å²) in [6.07, 6.45) is 1.76. The highest BCUT2D eigenvalue weighted by molar-refractivity contribution is 6.28. The predicted octanol–water partition coefficient (Wildman–Crippen LogP) is -0.709. The zero-order valence-electron chi connectivity index (χ0n) is 6.92. The van der Waals surface area contributed by atoms with Crippen molar-refractivity contribution in [2.75, 3.05) is 0 Å². The fourth-order valence-corrected chi connectivity index (χ4v) is 0.669. The van der Waals surface area contributed by atoms with Crippen molar-refractivity contribution < 1.29 is 0 Å². The van der Waals surface area contributed by atoms with Gasteiger partial charge in [-0.1, -0.05) is 0 Å². The number of hydrogen-bond donors (Lipinski definition) is 0. The van der Waals surface area contributed by atoms with Gasteiger partial charge in [0.2, 0.25) is 0 Å². The number of rotatable bonds is 0. The Morgan fingerprint density at radius 2 is 2.10 bits per heavy atom. The van der Waals surface area contributed by atoms with E-state index in [1.165, 1.54) is 0 Å². The second-order valence-electron chi connectivity index (χ2n) is 3.41. The molecular weight excluding hydrogens is 125 g/mol. The summed E-state index contributed by atoms with van der Waals surface area (Å²) in [5, 5.41) is 4.19. The molecule has 4 heteroatoms. The molecule has 0 N–H and O–H groups in total. The number of hydrogen-bond acceptors (Lipinski definition) is 2. The van der Waals surface area contributed by atoms with E-state index in [0.29, 0.717) is 0 Å². The fraction of sp³-hybridized carbons (Fsp3) is 0.667. The normalized spacial score (nSPS) is 11.9. The lowest BCUT2D eigenvalue weighted by molar-refractivity contribution is 0.356. The van der Waals surface area contributed by atoms with Crippen LogP contribution < -0.4 is 5.72 Å². The van der Waals surface area contributed by atoms with Crippen molar-refractivity contribution in [3.8, 4) is 0 Å². The third-order valence-corrected chi connectivity index (χ3v) is 1.29. The maximum Gasteiger partial charge on any atom is 0.191 e. The molecule has 0 aliphatic heterocycles. The van der Waals surface area contributed by atoms with E-state index in [1.54, 1.807) is 6.33 Å². The molecule has 0 spiro atoms. The Labute approximate surface area is 61.9 Å². The first-order valence-corrected chi connectivity index (χ1v) is 3.39. The molecule has 0 aromatic carbocycles. The summed E-state index contributed by atoms with van der Waals surface area (Å²) < 4.78 is 1.86. The standard InChI is InChI=1S/C6H12BN3/c1-6(2,3)10-4-8-5(7)9-10/h4H,7H2,1-3H3. The van der Waals surface area contributed by atoms with Crippen molar-refractivity contribution in [3.63, 3.8) is 0 Å². The maximum absolute atomic E-state index is 4.19. The molecule has 0 fully saturated rings. The smallest absolute Gasteiger partial charge is 0.191 e. The molecule has 10 heavy (non-hydrogen) atoms. The summed E-state index contributed by atoms with van der Waals surface area (Å²) in [7, 11) is 1.89. The van der Waals surface area contributed by atoms with E-state index in [1.807, 2.05) is 12.5 Å². The lowest BCUT2D eigenvalue weighted by Crippen LogP contribution is -2.24. The SMILES string of the molecule is Bc1ncn(C(C)(C)C)n1. The molecule has 3 nitrogen and oxygen atoms in total. The van der Waals surface area contributed by atoms with Crippen LogP contribution >= 0.6 is 0 Å². The van der Waals surface area contributed by atoms with E-state index in [4.69, 9.17) is 0 Å². The van der Waals surface area contributed by atoms with Crippen LogP contribution in [0.4, 0.5) is 0 Å². The van der Waals surface area contributed by atoms with Gasteiger partial charge in [0.15, 0.2) is 7.85 Å². The minimum atomic E-state index is 0.0568. The van der Waals surface area contributed by atoms with E-state index >= 15 is 0 Å². The van der Waals surface area contributed by atoms with Crippen LogP contribution in [0, 0.1) is 0 Å².